The average Bonchev–Trinajstić information content (AvgIpc) is 3.26. The molecule has 0 radical (unpaired) electrons. The zero-order valence-electron chi connectivity index (χ0n) is 30.4. The SMILES string of the molecule is Cc1ccccc1P(Br)(Cc1ccccc1)(c1ccccc1)c1ccccc1.ClP(c1ccccc1)(c1ccccc1)(c1ccccc1)c1ccccc1. The zero-order valence-corrected chi connectivity index (χ0v) is 34.5. The molecule has 8 rings (SSSR count). The van der Waals surface area contributed by atoms with Crippen molar-refractivity contribution in [2.75, 3.05) is 0 Å². The first-order chi connectivity index (χ1) is 26.4. The van der Waals surface area contributed by atoms with E-state index in [1.807, 2.05) is 24.3 Å². The number of halogens is 2. The molecule has 0 fully saturated rings. The summed E-state index contributed by atoms with van der Waals surface area (Å²) in [6.07, 6.45) is 0.936. The van der Waals surface area contributed by atoms with Gasteiger partial charge in [0, 0.05) is 0 Å². The van der Waals surface area contributed by atoms with Crippen LogP contribution in [-0.4, -0.2) is 0 Å². The molecule has 0 spiro atoms. The van der Waals surface area contributed by atoms with Crippen LogP contribution in [0.5, 0.6) is 0 Å². The first-order valence-electron chi connectivity index (χ1n) is 18.3. The molecular weight excluding hydrogens is 778 g/mol. The second-order valence-electron chi connectivity index (χ2n) is 13.6. The van der Waals surface area contributed by atoms with Gasteiger partial charge in [0.05, 0.1) is 0 Å². The fourth-order valence-corrected chi connectivity index (χ4v) is 22.5. The van der Waals surface area contributed by atoms with Crippen molar-refractivity contribution < 1.29 is 0 Å². The first-order valence-corrected chi connectivity index (χ1v) is 25.9. The van der Waals surface area contributed by atoms with E-state index in [1.165, 1.54) is 27.0 Å². The molecule has 0 saturated carbocycles. The summed E-state index contributed by atoms with van der Waals surface area (Å²) in [7, 11) is 0. The molecule has 0 aliphatic carbocycles. The molecule has 268 valence electrons. The quantitative estimate of drug-likeness (QED) is 0.127. The van der Waals surface area contributed by atoms with E-state index < -0.39 is 11.3 Å². The molecule has 0 nitrogen and oxygen atoms in total. The van der Waals surface area contributed by atoms with E-state index in [-0.39, 0.29) is 0 Å². The number of hydrogen-bond donors (Lipinski definition) is 0. The van der Waals surface area contributed by atoms with Crippen molar-refractivity contribution in [2.45, 2.75) is 13.1 Å². The topological polar surface area (TPSA) is 0 Å². The van der Waals surface area contributed by atoms with E-state index in [0.29, 0.717) is 0 Å². The fourth-order valence-electron chi connectivity index (χ4n) is 7.91. The minimum absolute atomic E-state index is 0.936. The normalized spacial score (nSPS) is 12.9. The summed E-state index contributed by atoms with van der Waals surface area (Å²) < 4.78 is 0. The molecule has 0 amide bonds. The number of rotatable bonds is 9. The summed E-state index contributed by atoms with van der Waals surface area (Å²) >= 11 is 12.6. The molecule has 0 atom stereocenters. The maximum absolute atomic E-state index is 8.03. The average molecular weight is 822 g/mol. The van der Waals surface area contributed by atoms with Gasteiger partial charge in [0.15, 0.2) is 0 Å². The number of benzene rings is 8. The van der Waals surface area contributed by atoms with Crippen LogP contribution in [0.2, 0.25) is 0 Å². The van der Waals surface area contributed by atoms with E-state index in [4.69, 9.17) is 11.2 Å². The van der Waals surface area contributed by atoms with E-state index in [1.54, 1.807) is 0 Å². The van der Waals surface area contributed by atoms with Crippen molar-refractivity contribution >= 4 is 75.1 Å². The van der Waals surface area contributed by atoms with Crippen molar-refractivity contribution in [1.29, 1.82) is 0 Å². The Bertz CT molecular complexity index is 2180. The summed E-state index contributed by atoms with van der Waals surface area (Å²) in [6, 6.07) is 83.8. The van der Waals surface area contributed by atoms with Gasteiger partial charge in [0.1, 0.15) is 0 Å². The van der Waals surface area contributed by atoms with Crippen molar-refractivity contribution in [3.63, 3.8) is 0 Å². The summed E-state index contributed by atoms with van der Waals surface area (Å²) in [5.41, 5.74) is 2.66. The van der Waals surface area contributed by atoms with Crippen molar-refractivity contribution in [1.82, 2.24) is 0 Å². The third kappa shape index (κ3) is 6.59. The maximum atomic E-state index is 8.03. The molecule has 4 heteroatoms. The second-order valence-corrected chi connectivity index (χ2v) is 28.6. The molecule has 8 aromatic rings. The summed E-state index contributed by atoms with van der Waals surface area (Å²) in [5, 5.41) is 5.83. The van der Waals surface area contributed by atoms with Crippen LogP contribution in [0.15, 0.2) is 237 Å². The molecule has 0 N–H and O–H groups in total. The third-order valence-corrected chi connectivity index (χ3v) is 27.5. The van der Waals surface area contributed by atoms with Crippen molar-refractivity contribution in [3.05, 3.63) is 248 Å². The van der Waals surface area contributed by atoms with Gasteiger partial charge < -0.3 is 0 Å². The Morgan fingerprint density at radius 3 is 0.926 bits per heavy atom. The molecule has 0 aliphatic rings. The van der Waals surface area contributed by atoms with Crippen LogP contribution in [0.3, 0.4) is 0 Å². The van der Waals surface area contributed by atoms with Crippen LogP contribution < -0.4 is 37.1 Å². The molecule has 54 heavy (non-hydrogen) atoms. The Morgan fingerprint density at radius 1 is 0.352 bits per heavy atom. The van der Waals surface area contributed by atoms with Crippen molar-refractivity contribution in [2.24, 2.45) is 0 Å². The summed E-state index contributed by atoms with van der Waals surface area (Å²) in [6.45, 7) is 2.23. The minimum atomic E-state index is -3.34. The Kier molecular flexibility index (Phi) is 11.2. The van der Waals surface area contributed by atoms with E-state index in [2.05, 4.69) is 235 Å². The zero-order chi connectivity index (χ0) is 37.4. The molecule has 8 aromatic carbocycles. The van der Waals surface area contributed by atoms with Gasteiger partial charge in [-0.25, -0.2) is 0 Å². The van der Waals surface area contributed by atoms with E-state index in [0.717, 1.165) is 27.4 Å². The van der Waals surface area contributed by atoms with Crippen LogP contribution in [0.1, 0.15) is 11.1 Å². The van der Waals surface area contributed by atoms with Crippen molar-refractivity contribution in [3.8, 4) is 0 Å². The Hall–Kier alpha value is -4.61. The van der Waals surface area contributed by atoms with Gasteiger partial charge in [-0.05, 0) is 0 Å². The summed E-state index contributed by atoms with van der Waals surface area (Å²) in [5.74, 6) is -3.34. The van der Waals surface area contributed by atoms with Gasteiger partial charge >= 0.3 is 336 Å². The first kappa shape index (κ1) is 37.7. The van der Waals surface area contributed by atoms with Gasteiger partial charge in [0.2, 0.25) is 0 Å². The fraction of sp³-hybridized carbons (Fsp3) is 0.0400. The third-order valence-electron chi connectivity index (χ3n) is 10.5. The molecule has 0 saturated heterocycles. The van der Waals surface area contributed by atoms with Crippen LogP contribution in [0, 0.1) is 6.92 Å². The Morgan fingerprint density at radius 2 is 0.611 bits per heavy atom. The number of aryl methyl sites for hydroxylation is 1. The molecule has 0 aromatic heterocycles. The molecule has 0 unspecified atom stereocenters. The van der Waals surface area contributed by atoms with Gasteiger partial charge in [-0.1, -0.05) is 0 Å². The van der Waals surface area contributed by atoms with Gasteiger partial charge in [0.25, 0.3) is 0 Å². The molecule has 0 bridgehead atoms. The predicted octanol–water partition coefficient (Wildman–Crippen LogP) is 11.3. The van der Waals surface area contributed by atoms with Gasteiger partial charge in [-0.15, -0.1) is 0 Å². The second kappa shape index (κ2) is 16.0. The van der Waals surface area contributed by atoms with Crippen LogP contribution >= 0.6 is 38.0 Å². The van der Waals surface area contributed by atoms with Crippen LogP contribution in [-0.2, 0) is 6.16 Å². The van der Waals surface area contributed by atoms with E-state index >= 15 is 0 Å². The molecule has 0 heterocycles. The molecule has 0 aliphatic heterocycles. The number of hydrogen-bond acceptors (Lipinski definition) is 0. The monoisotopic (exact) mass is 820 g/mol. The van der Waals surface area contributed by atoms with Gasteiger partial charge in [-0.2, -0.15) is 0 Å². The predicted molar refractivity (Wildman–Crippen MR) is 246 cm³/mol. The summed E-state index contributed by atoms with van der Waals surface area (Å²) in [4.78, 5) is 0. The van der Waals surface area contributed by atoms with Gasteiger partial charge in [-0.3, -0.25) is 0 Å². The van der Waals surface area contributed by atoms with Crippen LogP contribution in [0.25, 0.3) is 0 Å². The molecular formula is C50H44BrClP2. The Labute approximate surface area is 333 Å². The standard InChI is InChI=1S/C26H24BrP.C24H20ClP/c1-22-13-11-12-20-26(22)28(27,24-16-7-3-8-17-24,25-18-9-4-10-19-25)21-23-14-5-2-6-15-23;25-26(21-13-5-1-6-14-21,22-15-7-2-8-16-22,23-17-9-3-10-18-23)24-19-11-4-12-20-24/h2-20H,21H2,1H3;1-20H. The Balaban J connectivity index is 0.000000167. The van der Waals surface area contributed by atoms with Crippen LogP contribution in [0.4, 0.5) is 0 Å². The van der Waals surface area contributed by atoms with E-state index in [9.17, 15) is 0 Å².